The summed E-state index contributed by atoms with van der Waals surface area (Å²) in [6.07, 6.45) is 2.56. The van der Waals surface area contributed by atoms with Gasteiger partial charge in [-0.25, -0.2) is 4.98 Å². The molecule has 7 heteroatoms. The average molecular weight is 411 g/mol. The van der Waals surface area contributed by atoms with Crippen molar-refractivity contribution in [2.45, 2.75) is 32.9 Å². The standard InChI is InChI=1S/C23H30N4O3/c1-3-17(2)21(26-22(28)19-7-5-4-6-8-19)23(29)25-16-18-9-10-20(24-15-18)27-11-13-30-14-12-27/h4-10,15,17,21H,3,11-14,16H2,1-2H3,(H,25,29)(H,26,28)/t17-,21+/m0/s1. The van der Waals surface area contributed by atoms with Crippen LogP contribution in [0.3, 0.4) is 0 Å². The highest BCUT2D eigenvalue weighted by atomic mass is 16.5. The predicted octanol–water partition coefficient (Wildman–Crippen LogP) is 2.38. The molecule has 1 saturated heterocycles. The number of hydrogen-bond donors (Lipinski definition) is 2. The molecule has 2 heterocycles. The largest absolute Gasteiger partial charge is 0.378 e. The average Bonchev–Trinajstić information content (AvgIpc) is 2.81. The third kappa shape index (κ3) is 5.79. The first-order valence-electron chi connectivity index (χ1n) is 10.5. The van der Waals surface area contributed by atoms with Gasteiger partial charge in [-0.05, 0) is 29.7 Å². The molecule has 1 fully saturated rings. The highest BCUT2D eigenvalue weighted by Gasteiger charge is 2.26. The summed E-state index contributed by atoms with van der Waals surface area (Å²) in [4.78, 5) is 32.1. The molecule has 1 aliphatic rings. The molecular weight excluding hydrogens is 380 g/mol. The molecule has 0 spiro atoms. The van der Waals surface area contributed by atoms with Crippen molar-refractivity contribution in [3.63, 3.8) is 0 Å². The Morgan fingerprint density at radius 2 is 1.87 bits per heavy atom. The second kappa shape index (κ2) is 10.7. The Morgan fingerprint density at radius 3 is 2.50 bits per heavy atom. The van der Waals surface area contributed by atoms with E-state index in [1.807, 2.05) is 32.0 Å². The van der Waals surface area contributed by atoms with Gasteiger partial charge >= 0.3 is 0 Å². The molecule has 7 nitrogen and oxygen atoms in total. The van der Waals surface area contributed by atoms with Gasteiger partial charge in [0.05, 0.1) is 13.2 Å². The Morgan fingerprint density at radius 1 is 1.13 bits per heavy atom. The number of anilines is 1. The fraction of sp³-hybridized carbons (Fsp3) is 0.435. The molecule has 2 aromatic rings. The van der Waals surface area contributed by atoms with E-state index >= 15 is 0 Å². The van der Waals surface area contributed by atoms with E-state index in [1.165, 1.54) is 0 Å². The van der Waals surface area contributed by atoms with Crippen molar-refractivity contribution in [3.05, 3.63) is 59.8 Å². The van der Waals surface area contributed by atoms with E-state index in [-0.39, 0.29) is 17.7 Å². The molecule has 0 unspecified atom stereocenters. The molecule has 3 rings (SSSR count). The minimum absolute atomic E-state index is 0.0134. The Labute approximate surface area is 177 Å². The zero-order valence-electron chi connectivity index (χ0n) is 17.6. The maximum Gasteiger partial charge on any atom is 0.251 e. The van der Waals surface area contributed by atoms with Crippen LogP contribution >= 0.6 is 0 Å². The van der Waals surface area contributed by atoms with Crippen LogP contribution in [0.1, 0.15) is 36.2 Å². The van der Waals surface area contributed by atoms with Gasteiger partial charge in [-0.1, -0.05) is 44.5 Å². The van der Waals surface area contributed by atoms with Crippen molar-refractivity contribution < 1.29 is 14.3 Å². The van der Waals surface area contributed by atoms with E-state index in [2.05, 4.69) is 20.5 Å². The predicted molar refractivity (Wildman–Crippen MR) is 116 cm³/mol. The highest BCUT2D eigenvalue weighted by molar-refractivity contribution is 5.97. The van der Waals surface area contributed by atoms with E-state index in [4.69, 9.17) is 4.74 Å². The number of hydrogen-bond acceptors (Lipinski definition) is 5. The number of carbonyl (C=O) groups excluding carboxylic acids is 2. The monoisotopic (exact) mass is 410 g/mol. The number of ether oxygens (including phenoxy) is 1. The van der Waals surface area contributed by atoms with Gasteiger partial charge < -0.3 is 20.3 Å². The number of morpholine rings is 1. The SMILES string of the molecule is CC[C@H](C)[C@@H](NC(=O)c1ccccc1)C(=O)NCc1ccc(N2CCOCC2)nc1. The van der Waals surface area contributed by atoms with Crippen LogP contribution < -0.4 is 15.5 Å². The molecule has 0 radical (unpaired) electrons. The second-order valence-electron chi connectivity index (χ2n) is 7.54. The number of nitrogens with one attached hydrogen (secondary N) is 2. The lowest BCUT2D eigenvalue weighted by Crippen LogP contribution is -2.50. The van der Waals surface area contributed by atoms with Crippen LogP contribution in [-0.2, 0) is 16.1 Å². The van der Waals surface area contributed by atoms with Crippen LogP contribution in [-0.4, -0.2) is 49.1 Å². The van der Waals surface area contributed by atoms with Crippen molar-refractivity contribution in [1.29, 1.82) is 0 Å². The summed E-state index contributed by atoms with van der Waals surface area (Å²) in [5.41, 5.74) is 1.46. The summed E-state index contributed by atoms with van der Waals surface area (Å²) in [6.45, 7) is 7.43. The maximum absolute atomic E-state index is 12.8. The van der Waals surface area contributed by atoms with Crippen LogP contribution in [0.15, 0.2) is 48.7 Å². The third-order valence-corrected chi connectivity index (χ3v) is 5.43. The molecule has 1 aliphatic heterocycles. The molecule has 160 valence electrons. The van der Waals surface area contributed by atoms with Crippen LogP contribution in [0.2, 0.25) is 0 Å². The summed E-state index contributed by atoms with van der Waals surface area (Å²) >= 11 is 0. The first-order chi connectivity index (χ1) is 14.6. The van der Waals surface area contributed by atoms with E-state index < -0.39 is 6.04 Å². The summed E-state index contributed by atoms with van der Waals surface area (Å²) in [5, 5.41) is 5.83. The maximum atomic E-state index is 12.8. The third-order valence-electron chi connectivity index (χ3n) is 5.43. The lowest BCUT2D eigenvalue weighted by Gasteiger charge is -2.27. The number of carbonyl (C=O) groups is 2. The van der Waals surface area contributed by atoms with E-state index in [1.54, 1.807) is 30.5 Å². The van der Waals surface area contributed by atoms with Crippen LogP contribution in [0, 0.1) is 5.92 Å². The topological polar surface area (TPSA) is 83.6 Å². The van der Waals surface area contributed by atoms with Crippen molar-refractivity contribution >= 4 is 17.6 Å². The number of rotatable bonds is 8. The molecule has 0 bridgehead atoms. The van der Waals surface area contributed by atoms with E-state index in [0.29, 0.717) is 25.3 Å². The first-order valence-corrected chi connectivity index (χ1v) is 10.5. The highest BCUT2D eigenvalue weighted by Crippen LogP contribution is 2.14. The van der Waals surface area contributed by atoms with Gasteiger partial charge in [-0.2, -0.15) is 0 Å². The van der Waals surface area contributed by atoms with Gasteiger partial charge in [-0.3, -0.25) is 9.59 Å². The zero-order valence-corrected chi connectivity index (χ0v) is 17.6. The molecule has 2 amide bonds. The zero-order chi connectivity index (χ0) is 21.3. The summed E-state index contributed by atoms with van der Waals surface area (Å²) in [6, 6.07) is 12.3. The Bertz CT molecular complexity index is 820. The Hall–Kier alpha value is -2.93. The lowest BCUT2D eigenvalue weighted by molar-refractivity contribution is -0.124. The van der Waals surface area contributed by atoms with Gasteiger partial charge in [0, 0.05) is 31.4 Å². The number of nitrogens with zero attached hydrogens (tertiary/aromatic N) is 2. The van der Waals surface area contributed by atoms with Gasteiger partial charge in [0.15, 0.2) is 0 Å². The Balaban J connectivity index is 1.58. The molecule has 0 saturated carbocycles. The summed E-state index contributed by atoms with van der Waals surface area (Å²) in [7, 11) is 0. The fourth-order valence-corrected chi connectivity index (χ4v) is 3.32. The quantitative estimate of drug-likeness (QED) is 0.698. The molecule has 1 aromatic carbocycles. The number of aromatic nitrogens is 1. The van der Waals surface area contributed by atoms with Gasteiger partial charge in [0.2, 0.25) is 5.91 Å². The number of benzene rings is 1. The Kier molecular flexibility index (Phi) is 7.79. The van der Waals surface area contributed by atoms with Crippen molar-refractivity contribution in [1.82, 2.24) is 15.6 Å². The second-order valence-corrected chi connectivity index (χ2v) is 7.54. The molecule has 2 N–H and O–H groups in total. The van der Waals surface area contributed by atoms with Crippen molar-refractivity contribution in [2.24, 2.45) is 5.92 Å². The van der Waals surface area contributed by atoms with Crippen LogP contribution in [0.25, 0.3) is 0 Å². The summed E-state index contributed by atoms with van der Waals surface area (Å²) in [5.74, 6) is 0.499. The van der Waals surface area contributed by atoms with Crippen LogP contribution in [0.5, 0.6) is 0 Å². The molecule has 30 heavy (non-hydrogen) atoms. The minimum atomic E-state index is -0.594. The smallest absolute Gasteiger partial charge is 0.251 e. The van der Waals surface area contributed by atoms with Crippen molar-refractivity contribution in [3.8, 4) is 0 Å². The van der Waals surface area contributed by atoms with Gasteiger partial charge in [-0.15, -0.1) is 0 Å². The van der Waals surface area contributed by atoms with Gasteiger partial charge in [0.1, 0.15) is 11.9 Å². The van der Waals surface area contributed by atoms with E-state index in [0.717, 1.165) is 30.9 Å². The van der Waals surface area contributed by atoms with Crippen molar-refractivity contribution in [2.75, 3.05) is 31.2 Å². The number of pyridine rings is 1. The van der Waals surface area contributed by atoms with Crippen LogP contribution in [0.4, 0.5) is 5.82 Å². The van der Waals surface area contributed by atoms with Gasteiger partial charge in [0.25, 0.3) is 5.91 Å². The van der Waals surface area contributed by atoms with E-state index in [9.17, 15) is 9.59 Å². The summed E-state index contributed by atoms with van der Waals surface area (Å²) < 4.78 is 5.37. The molecule has 2 atom stereocenters. The molecule has 0 aliphatic carbocycles. The molecular formula is C23H30N4O3. The minimum Gasteiger partial charge on any atom is -0.378 e. The normalized spacial score (nSPS) is 15.9. The molecule has 1 aromatic heterocycles. The first kappa shape index (κ1) is 21.8. The number of amides is 2. The fourth-order valence-electron chi connectivity index (χ4n) is 3.32. The lowest BCUT2D eigenvalue weighted by atomic mass is 9.97.